The average molecular weight is 414 g/mol. The van der Waals surface area contributed by atoms with Gasteiger partial charge in [0.25, 0.3) is 5.91 Å². The number of hydrogen-bond donors (Lipinski definition) is 1. The van der Waals surface area contributed by atoms with E-state index in [1.54, 1.807) is 37.5 Å². The quantitative estimate of drug-likeness (QED) is 0.552. The molecule has 3 rings (SSSR count). The Bertz CT molecular complexity index is 1080. The van der Waals surface area contributed by atoms with Crippen molar-refractivity contribution >= 4 is 17.5 Å². The van der Waals surface area contributed by atoms with Crippen LogP contribution in [0.5, 0.6) is 17.2 Å². The molecule has 30 heavy (non-hydrogen) atoms. The van der Waals surface area contributed by atoms with E-state index in [0.29, 0.717) is 34.2 Å². The van der Waals surface area contributed by atoms with Gasteiger partial charge in [0.2, 0.25) is 0 Å². The van der Waals surface area contributed by atoms with Gasteiger partial charge >= 0.3 is 5.97 Å². The number of aryl methyl sites for hydroxylation is 1. The van der Waals surface area contributed by atoms with Gasteiger partial charge in [-0.15, -0.1) is 0 Å². The molecule has 0 atom stereocenters. The summed E-state index contributed by atoms with van der Waals surface area (Å²) in [6.45, 7) is 1.38. The van der Waals surface area contributed by atoms with Gasteiger partial charge in [0, 0.05) is 30.6 Å². The summed E-state index contributed by atoms with van der Waals surface area (Å²) in [6.07, 6.45) is 3.23. The van der Waals surface area contributed by atoms with Gasteiger partial charge in [-0.25, -0.2) is 14.3 Å². The van der Waals surface area contributed by atoms with Gasteiger partial charge in [-0.05, 0) is 19.1 Å². The molecule has 1 amide bonds. The highest BCUT2D eigenvalue weighted by molar-refractivity contribution is 5.98. The SMILES string of the molecule is COc1cc(OC)c(OC)cc1CNC(=O)COC(=O)c1c(C)nn2cccnc12. The number of aromatic nitrogens is 3. The summed E-state index contributed by atoms with van der Waals surface area (Å²) in [6, 6.07) is 5.07. The Morgan fingerprint density at radius 2 is 1.77 bits per heavy atom. The van der Waals surface area contributed by atoms with Crippen molar-refractivity contribution in [3.05, 3.63) is 47.4 Å². The van der Waals surface area contributed by atoms with Crippen molar-refractivity contribution in [2.45, 2.75) is 13.5 Å². The maximum absolute atomic E-state index is 12.4. The standard InChI is InChI=1S/C20H22N4O6/c1-12-18(19-21-6-5-7-24(19)23-12)20(26)30-11-17(25)22-10-13-8-15(28-3)16(29-4)9-14(13)27-2/h5-9H,10-11H2,1-4H3,(H,22,25). The predicted molar refractivity (Wildman–Crippen MR) is 106 cm³/mol. The van der Waals surface area contributed by atoms with Crippen LogP contribution in [0.2, 0.25) is 0 Å². The van der Waals surface area contributed by atoms with Crippen molar-refractivity contribution in [1.82, 2.24) is 19.9 Å². The number of benzene rings is 1. The molecule has 0 aliphatic rings. The normalized spacial score (nSPS) is 10.5. The third kappa shape index (κ3) is 4.27. The molecule has 1 aromatic carbocycles. The van der Waals surface area contributed by atoms with Crippen molar-refractivity contribution < 1.29 is 28.5 Å². The third-order valence-corrected chi connectivity index (χ3v) is 4.37. The van der Waals surface area contributed by atoms with Gasteiger partial charge in [-0.3, -0.25) is 4.79 Å². The summed E-state index contributed by atoms with van der Waals surface area (Å²) in [5.41, 5.74) is 1.74. The Morgan fingerprint density at radius 3 is 2.47 bits per heavy atom. The lowest BCUT2D eigenvalue weighted by molar-refractivity contribution is -0.124. The highest BCUT2D eigenvalue weighted by Crippen LogP contribution is 2.34. The minimum Gasteiger partial charge on any atom is -0.496 e. The summed E-state index contributed by atoms with van der Waals surface area (Å²) in [5, 5.41) is 6.89. The van der Waals surface area contributed by atoms with Crippen molar-refractivity contribution in [2.24, 2.45) is 0 Å². The first-order valence-corrected chi connectivity index (χ1v) is 9.01. The molecule has 0 aliphatic heterocycles. The first-order valence-electron chi connectivity index (χ1n) is 9.01. The van der Waals surface area contributed by atoms with Gasteiger partial charge < -0.3 is 24.3 Å². The van der Waals surface area contributed by atoms with E-state index in [0.717, 1.165) is 0 Å². The van der Waals surface area contributed by atoms with Crippen LogP contribution in [0.15, 0.2) is 30.6 Å². The molecule has 0 fully saturated rings. The fourth-order valence-electron chi connectivity index (χ4n) is 2.91. The Balaban J connectivity index is 1.62. The molecule has 0 aliphatic carbocycles. The molecule has 0 saturated heterocycles. The van der Waals surface area contributed by atoms with Crippen LogP contribution in [0, 0.1) is 6.92 Å². The summed E-state index contributed by atoms with van der Waals surface area (Å²) in [5.74, 6) is 0.404. The van der Waals surface area contributed by atoms with E-state index in [-0.39, 0.29) is 12.1 Å². The van der Waals surface area contributed by atoms with Crippen LogP contribution in [-0.2, 0) is 16.1 Å². The number of esters is 1. The molecule has 2 heterocycles. The maximum Gasteiger partial charge on any atom is 0.344 e. The lowest BCUT2D eigenvalue weighted by atomic mass is 10.1. The molecule has 0 spiro atoms. The lowest BCUT2D eigenvalue weighted by Crippen LogP contribution is -2.28. The van der Waals surface area contributed by atoms with Gasteiger partial charge in [-0.2, -0.15) is 5.10 Å². The monoisotopic (exact) mass is 414 g/mol. The summed E-state index contributed by atoms with van der Waals surface area (Å²) in [4.78, 5) is 28.8. The second kappa shape index (κ2) is 9.12. The number of carbonyl (C=O) groups excluding carboxylic acids is 2. The Hall–Kier alpha value is -3.82. The molecule has 158 valence electrons. The fraction of sp³-hybridized carbons (Fsp3) is 0.300. The molecule has 0 bridgehead atoms. The van der Waals surface area contributed by atoms with E-state index in [2.05, 4.69) is 15.4 Å². The van der Waals surface area contributed by atoms with Crippen LogP contribution in [-0.4, -0.2) is 54.4 Å². The average Bonchev–Trinajstić information content (AvgIpc) is 3.10. The summed E-state index contributed by atoms with van der Waals surface area (Å²) in [7, 11) is 4.55. The van der Waals surface area contributed by atoms with Crippen molar-refractivity contribution in [1.29, 1.82) is 0 Å². The number of carbonyl (C=O) groups is 2. The zero-order valence-electron chi connectivity index (χ0n) is 17.1. The lowest BCUT2D eigenvalue weighted by Gasteiger charge is -2.14. The second-order valence-electron chi connectivity index (χ2n) is 6.22. The van der Waals surface area contributed by atoms with Crippen LogP contribution < -0.4 is 19.5 Å². The topological polar surface area (TPSA) is 113 Å². The minimum absolute atomic E-state index is 0.150. The number of fused-ring (bicyclic) bond motifs is 1. The second-order valence-corrected chi connectivity index (χ2v) is 6.22. The highest BCUT2D eigenvalue weighted by atomic mass is 16.5. The number of amides is 1. The Morgan fingerprint density at radius 1 is 1.07 bits per heavy atom. The van der Waals surface area contributed by atoms with E-state index < -0.39 is 18.5 Å². The third-order valence-electron chi connectivity index (χ3n) is 4.37. The predicted octanol–water partition coefficient (Wildman–Crippen LogP) is 1.54. The molecule has 2 aromatic heterocycles. The van der Waals surface area contributed by atoms with Gasteiger partial charge in [0.05, 0.1) is 27.0 Å². The Kier molecular flexibility index (Phi) is 6.35. The fourth-order valence-corrected chi connectivity index (χ4v) is 2.91. The van der Waals surface area contributed by atoms with Gasteiger partial charge in [0.1, 0.15) is 11.3 Å². The van der Waals surface area contributed by atoms with Crippen LogP contribution in [0.3, 0.4) is 0 Å². The molecular weight excluding hydrogens is 392 g/mol. The maximum atomic E-state index is 12.4. The Labute approximate surface area is 172 Å². The van der Waals surface area contributed by atoms with Crippen molar-refractivity contribution in [2.75, 3.05) is 27.9 Å². The van der Waals surface area contributed by atoms with E-state index in [9.17, 15) is 9.59 Å². The van der Waals surface area contributed by atoms with Gasteiger partial charge in [0.15, 0.2) is 23.8 Å². The zero-order valence-corrected chi connectivity index (χ0v) is 17.1. The summed E-state index contributed by atoms with van der Waals surface area (Å²) >= 11 is 0. The largest absolute Gasteiger partial charge is 0.496 e. The smallest absolute Gasteiger partial charge is 0.344 e. The van der Waals surface area contributed by atoms with Crippen molar-refractivity contribution in [3.63, 3.8) is 0 Å². The number of hydrogen-bond acceptors (Lipinski definition) is 8. The summed E-state index contributed by atoms with van der Waals surface area (Å²) < 4.78 is 22.5. The molecule has 1 N–H and O–H groups in total. The van der Waals surface area contributed by atoms with E-state index >= 15 is 0 Å². The first-order chi connectivity index (χ1) is 14.5. The molecule has 0 saturated carbocycles. The molecule has 3 aromatic rings. The molecule has 0 radical (unpaired) electrons. The molecular formula is C20H22N4O6. The van der Waals surface area contributed by atoms with Gasteiger partial charge in [-0.1, -0.05) is 0 Å². The molecule has 10 nitrogen and oxygen atoms in total. The number of methoxy groups -OCH3 is 3. The number of rotatable bonds is 8. The van der Waals surface area contributed by atoms with Crippen molar-refractivity contribution in [3.8, 4) is 17.2 Å². The molecule has 10 heteroatoms. The van der Waals surface area contributed by atoms with Crippen LogP contribution in [0.25, 0.3) is 5.65 Å². The van der Waals surface area contributed by atoms with Crippen LogP contribution >= 0.6 is 0 Å². The zero-order chi connectivity index (χ0) is 21.7. The number of nitrogens with one attached hydrogen (secondary N) is 1. The van der Waals surface area contributed by atoms with Crippen LogP contribution in [0.1, 0.15) is 21.6 Å². The first kappa shape index (κ1) is 20.9. The number of ether oxygens (including phenoxy) is 4. The van der Waals surface area contributed by atoms with E-state index in [1.807, 2.05) is 0 Å². The minimum atomic E-state index is -0.667. The van der Waals surface area contributed by atoms with E-state index in [4.69, 9.17) is 18.9 Å². The molecule has 0 unspecified atom stereocenters. The highest BCUT2D eigenvalue weighted by Gasteiger charge is 2.20. The van der Waals surface area contributed by atoms with Crippen LogP contribution in [0.4, 0.5) is 0 Å². The van der Waals surface area contributed by atoms with E-state index in [1.165, 1.54) is 25.8 Å². The number of nitrogens with zero attached hydrogens (tertiary/aromatic N) is 3.